The SMILES string of the molecule is C=Cc1cc(C#Cc2cccc(OC)c2)cn1CC.CCCC. The lowest BCUT2D eigenvalue weighted by molar-refractivity contribution is 0.414. The highest BCUT2D eigenvalue weighted by molar-refractivity contribution is 5.51. The van der Waals surface area contributed by atoms with Crippen molar-refractivity contribution in [2.24, 2.45) is 0 Å². The highest BCUT2D eigenvalue weighted by Crippen LogP contribution is 2.12. The van der Waals surface area contributed by atoms with Gasteiger partial charge in [0.05, 0.1) is 7.11 Å². The first-order valence-electron chi connectivity index (χ1n) is 8.17. The lowest BCUT2D eigenvalue weighted by Crippen LogP contribution is -1.92. The van der Waals surface area contributed by atoms with Crippen LogP contribution in [-0.4, -0.2) is 11.7 Å². The molecule has 0 amide bonds. The summed E-state index contributed by atoms with van der Waals surface area (Å²) in [5, 5.41) is 0. The molecule has 2 heteroatoms. The lowest BCUT2D eigenvalue weighted by Gasteiger charge is -1.98. The summed E-state index contributed by atoms with van der Waals surface area (Å²) in [4.78, 5) is 0. The third kappa shape index (κ3) is 6.08. The zero-order valence-corrected chi connectivity index (χ0v) is 14.7. The molecule has 2 rings (SSSR count). The monoisotopic (exact) mass is 309 g/mol. The van der Waals surface area contributed by atoms with E-state index in [1.807, 2.05) is 42.6 Å². The molecule has 0 fully saturated rings. The van der Waals surface area contributed by atoms with E-state index in [2.05, 4.69) is 43.8 Å². The number of aryl methyl sites for hydroxylation is 1. The number of rotatable bonds is 4. The Bertz CT molecular complexity index is 669. The number of methoxy groups -OCH3 is 1. The quantitative estimate of drug-likeness (QED) is 0.693. The van der Waals surface area contributed by atoms with Gasteiger partial charge in [-0.3, -0.25) is 0 Å². The molecule has 0 saturated carbocycles. The molecule has 0 bridgehead atoms. The van der Waals surface area contributed by atoms with Gasteiger partial charge < -0.3 is 9.30 Å². The molecule has 0 N–H and O–H groups in total. The van der Waals surface area contributed by atoms with E-state index in [4.69, 9.17) is 4.74 Å². The Morgan fingerprint density at radius 3 is 2.30 bits per heavy atom. The maximum Gasteiger partial charge on any atom is 0.120 e. The predicted octanol–water partition coefficient (Wildman–Crippen LogP) is 5.37. The van der Waals surface area contributed by atoms with E-state index in [9.17, 15) is 0 Å². The van der Waals surface area contributed by atoms with Crippen molar-refractivity contribution in [3.05, 3.63) is 59.9 Å². The van der Waals surface area contributed by atoms with Gasteiger partial charge in [-0.1, -0.05) is 51.2 Å². The van der Waals surface area contributed by atoms with E-state index >= 15 is 0 Å². The van der Waals surface area contributed by atoms with E-state index < -0.39 is 0 Å². The summed E-state index contributed by atoms with van der Waals surface area (Å²) in [6.07, 6.45) is 6.53. The number of benzene rings is 1. The smallest absolute Gasteiger partial charge is 0.120 e. The van der Waals surface area contributed by atoms with Crippen molar-refractivity contribution in [2.75, 3.05) is 7.11 Å². The summed E-state index contributed by atoms with van der Waals surface area (Å²) in [6, 6.07) is 9.80. The first kappa shape index (κ1) is 18.6. The molecule has 1 heterocycles. The second kappa shape index (κ2) is 10.3. The van der Waals surface area contributed by atoms with Gasteiger partial charge in [0.2, 0.25) is 0 Å². The van der Waals surface area contributed by atoms with Crippen molar-refractivity contribution in [1.29, 1.82) is 0 Å². The number of hydrogen-bond donors (Lipinski definition) is 0. The third-order valence-electron chi connectivity index (χ3n) is 3.40. The molecular formula is C21H27NO. The van der Waals surface area contributed by atoms with Crippen molar-refractivity contribution in [3.8, 4) is 17.6 Å². The normalized spacial score (nSPS) is 9.22. The predicted molar refractivity (Wildman–Crippen MR) is 99.8 cm³/mol. The zero-order chi connectivity index (χ0) is 17.1. The molecule has 0 spiro atoms. The zero-order valence-electron chi connectivity index (χ0n) is 14.7. The number of unbranched alkanes of at least 4 members (excludes halogenated alkanes) is 1. The summed E-state index contributed by atoms with van der Waals surface area (Å²) in [5.74, 6) is 7.14. The van der Waals surface area contributed by atoms with Crippen molar-refractivity contribution >= 4 is 6.08 Å². The maximum absolute atomic E-state index is 5.18. The number of hydrogen-bond acceptors (Lipinski definition) is 1. The van der Waals surface area contributed by atoms with Crippen LogP contribution in [0.4, 0.5) is 0 Å². The molecule has 0 atom stereocenters. The van der Waals surface area contributed by atoms with Crippen LogP contribution in [0.15, 0.2) is 43.1 Å². The average Bonchev–Trinajstić information content (AvgIpc) is 3.02. The first-order valence-corrected chi connectivity index (χ1v) is 8.17. The fraction of sp³-hybridized carbons (Fsp3) is 0.333. The Morgan fingerprint density at radius 1 is 1.09 bits per heavy atom. The van der Waals surface area contributed by atoms with Crippen molar-refractivity contribution in [1.82, 2.24) is 4.57 Å². The van der Waals surface area contributed by atoms with Crippen LogP contribution in [-0.2, 0) is 6.54 Å². The van der Waals surface area contributed by atoms with Crippen LogP contribution in [0.5, 0.6) is 5.75 Å². The molecule has 0 radical (unpaired) electrons. The summed E-state index contributed by atoms with van der Waals surface area (Å²) in [5.41, 5.74) is 3.04. The highest BCUT2D eigenvalue weighted by atomic mass is 16.5. The third-order valence-corrected chi connectivity index (χ3v) is 3.40. The molecule has 1 aromatic heterocycles. The Hall–Kier alpha value is -2.40. The van der Waals surface area contributed by atoms with Crippen LogP contribution in [0.1, 0.15) is 50.4 Å². The van der Waals surface area contributed by atoms with E-state index in [0.29, 0.717) is 0 Å². The van der Waals surface area contributed by atoms with E-state index in [1.54, 1.807) is 7.11 Å². The number of ether oxygens (including phenoxy) is 1. The van der Waals surface area contributed by atoms with Crippen LogP contribution < -0.4 is 4.74 Å². The minimum absolute atomic E-state index is 0.824. The molecule has 0 aliphatic carbocycles. The van der Waals surface area contributed by atoms with Gasteiger partial charge in [-0.05, 0) is 37.3 Å². The Balaban J connectivity index is 0.000000593. The molecular weight excluding hydrogens is 282 g/mol. The highest BCUT2D eigenvalue weighted by Gasteiger charge is 1.99. The van der Waals surface area contributed by atoms with Gasteiger partial charge in [0.25, 0.3) is 0 Å². The first-order chi connectivity index (χ1) is 11.2. The summed E-state index contributed by atoms with van der Waals surface area (Å²) < 4.78 is 7.31. The Morgan fingerprint density at radius 2 is 1.78 bits per heavy atom. The van der Waals surface area contributed by atoms with E-state index in [-0.39, 0.29) is 0 Å². The summed E-state index contributed by atoms with van der Waals surface area (Å²) in [6.45, 7) is 11.2. The van der Waals surface area contributed by atoms with Crippen LogP contribution in [0.3, 0.4) is 0 Å². The molecule has 0 saturated heterocycles. The van der Waals surface area contributed by atoms with Crippen molar-refractivity contribution in [2.45, 2.75) is 40.2 Å². The Kier molecular flexibility index (Phi) is 8.39. The minimum Gasteiger partial charge on any atom is -0.497 e. The van der Waals surface area contributed by atoms with Crippen molar-refractivity contribution < 1.29 is 4.74 Å². The topological polar surface area (TPSA) is 14.2 Å². The van der Waals surface area contributed by atoms with Gasteiger partial charge in [0.1, 0.15) is 5.75 Å². The van der Waals surface area contributed by atoms with Gasteiger partial charge in [-0.2, -0.15) is 0 Å². The van der Waals surface area contributed by atoms with Gasteiger partial charge in [0.15, 0.2) is 0 Å². The van der Waals surface area contributed by atoms with Gasteiger partial charge in [0, 0.05) is 29.6 Å². The molecule has 0 aliphatic rings. The van der Waals surface area contributed by atoms with E-state index in [0.717, 1.165) is 29.1 Å². The Labute approximate surface area is 140 Å². The maximum atomic E-state index is 5.18. The molecule has 0 aliphatic heterocycles. The van der Waals surface area contributed by atoms with E-state index in [1.165, 1.54) is 12.8 Å². The summed E-state index contributed by atoms with van der Waals surface area (Å²) in [7, 11) is 1.66. The second-order valence-electron chi connectivity index (χ2n) is 5.13. The summed E-state index contributed by atoms with van der Waals surface area (Å²) >= 11 is 0. The standard InChI is InChI=1S/C17H17NO.C4H10/c1-4-16-11-15(13-18(16)5-2)10-9-14-7-6-8-17(12-14)19-3;1-3-4-2/h4,6-8,11-13H,1,5H2,2-3H3;3-4H2,1-2H3. The fourth-order valence-corrected chi connectivity index (χ4v) is 1.89. The van der Waals surface area contributed by atoms with Crippen molar-refractivity contribution in [3.63, 3.8) is 0 Å². The molecule has 1 aromatic carbocycles. The minimum atomic E-state index is 0.824. The molecule has 23 heavy (non-hydrogen) atoms. The number of aromatic nitrogens is 1. The second-order valence-corrected chi connectivity index (χ2v) is 5.13. The molecule has 2 aromatic rings. The van der Waals surface area contributed by atoms with Crippen LogP contribution in [0.25, 0.3) is 6.08 Å². The number of nitrogens with zero attached hydrogens (tertiary/aromatic N) is 1. The fourth-order valence-electron chi connectivity index (χ4n) is 1.89. The van der Waals surface area contributed by atoms with Gasteiger partial charge in [-0.25, -0.2) is 0 Å². The molecule has 122 valence electrons. The molecule has 2 nitrogen and oxygen atoms in total. The average molecular weight is 309 g/mol. The molecule has 0 unspecified atom stereocenters. The van der Waals surface area contributed by atoms with Gasteiger partial charge >= 0.3 is 0 Å². The van der Waals surface area contributed by atoms with Crippen LogP contribution in [0.2, 0.25) is 0 Å². The van der Waals surface area contributed by atoms with Crippen LogP contribution >= 0.6 is 0 Å². The largest absolute Gasteiger partial charge is 0.497 e. The van der Waals surface area contributed by atoms with Crippen LogP contribution in [0, 0.1) is 11.8 Å². The van der Waals surface area contributed by atoms with Gasteiger partial charge in [-0.15, -0.1) is 0 Å². The lowest BCUT2D eigenvalue weighted by atomic mass is 10.2.